The first-order chi connectivity index (χ1) is 11.8. The highest BCUT2D eigenvalue weighted by Gasteiger charge is 2.21. The molecule has 2 heterocycles. The third-order valence-corrected chi connectivity index (χ3v) is 5.38. The number of aliphatic carboxylic acids is 1. The molecule has 0 unspecified atom stereocenters. The molecule has 0 aliphatic rings. The first-order valence-electron chi connectivity index (χ1n) is 7.75. The van der Waals surface area contributed by atoms with Crippen LogP contribution in [0.15, 0.2) is 18.2 Å². The number of hydrogen-bond acceptors (Lipinski definition) is 5. The van der Waals surface area contributed by atoms with Crippen molar-refractivity contribution in [1.29, 1.82) is 0 Å². The zero-order valence-electron chi connectivity index (χ0n) is 14.4. The number of halogens is 1. The largest absolute Gasteiger partial charge is 0.480 e. The standard InChI is InChI=1S/C18H18ClN3O2S/c1-9-5-6-12(7-10(9)2)14-11(3)25-17-15(14)16(20-18(19)21-17)22(4)8-13(23)24/h5-7H,8H2,1-4H3,(H,23,24). The third-order valence-electron chi connectivity index (χ3n) is 4.21. The van der Waals surface area contributed by atoms with Gasteiger partial charge in [-0.1, -0.05) is 18.2 Å². The van der Waals surface area contributed by atoms with Crippen LogP contribution >= 0.6 is 22.9 Å². The van der Waals surface area contributed by atoms with Crippen LogP contribution in [0.4, 0.5) is 5.82 Å². The average Bonchev–Trinajstić information content (AvgIpc) is 2.84. The highest BCUT2D eigenvalue weighted by molar-refractivity contribution is 7.19. The smallest absolute Gasteiger partial charge is 0.323 e. The van der Waals surface area contributed by atoms with Crippen LogP contribution < -0.4 is 4.90 Å². The minimum atomic E-state index is -0.926. The molecular weight excluding hydrogens is 358 g/mol. The Morgan fingerprint density at radius 1 is 1.24 bits per heavy atom. The summed E-state index contributed by atoms with van der Waals surface area (Å²) in [5.74, 6) is -0.389. The van der Waals surface area contributed by atoms with E-state index in [1.54, 1.807) is 11.9 Å². The van der Waals surface area contributed by atoms with Gasteiger partial charge in [-0.3, -0.25) is 4.79 Å². The van der Waals surface area contributed by atoms with Gasteiger partial charge >= 0.3 is 5.97 Å². The van der Waals surface area contributed by atoms with Crippen molar-refractivity contribution < 1.29 is 9.90 Å². The molecule has 0 saturated carbocycles. The molecule has 2 aromatic heterocycles. The third kappa shape index (κ3) is 3.32. The summed E-state index contributed by atoms with van der Waals surface area (Å²) in [7, 11) is 1.70. The van der Waals surface area contributed by atoms with Crippen LogP contribution in [-0.4, -0.2) is 34.6 Å². The van der Waals surface area contributed by atoms with E-state index >= 15 is 0 Å². The maximum absolute atomic E-state index is 11.1. The first kappa shape index (κ1) is 17.6. The highest BCUT2D eigenvalue weighted by Crippen LogP contribution is 2.42. The number of carboxylic acids is 1. The van der Waals surface area contributed by atoms with Crippen molar-refractivity contribution >= 4 is 44.9 Å². The number of aromatic nitrogens is 2. The molecule has 130 valence electrons. The Morgan fingerprint density at radius 3 is 2.60 bits per heavy atom. The summed E-state index contributed by atoms with van der Waals surface area (Å²) in [6.07, 6.45) is 0. The van der Waals surface area contributed by atoms with Crippen molar-refractivity contribution in [2.24, 2.45) is 0 Å². The Labute approximate surface area is 154 Å². The second-order valence-electron chi connectivity index (χ2n) is 6.08. The molecule has 0 amide bonds. The van der Waals surface area contributed by atoms with Crippen LogP contribution in [0.1, 0.15) is 16.0 Å². The molecule has 0 radical (unpaired) electrons. The lowest BCUT2D eigenvalue weighted by Gasteiger charge is -2.18. The SMILES string of the molecule is Cc1ccc(-c2c(C)sc3nc(Cl)nc(N(C)CC(=O)O)c23)cc1C. The van der Waals surface area contributed by atoms with Gasteiger partial charge in [0.25, 0.3) is 0 Å². The van der Waals surface area contributed by atoms with Gasteiger partial charge in [0.1, 0.15) is 17.2 Å². The van der Waals surface area contributed by atoms with Gasteiger partial charge in [0.2, 0.25) is 5.28 Å². The van der Waals surface area contributed by atoms with Gasteiger partial charge in [-0.2, -0.15) is 4.98 Å². The number of benzene rings is 1. The maximum Gasteiger partial charge on any atom is 0.323 e. The van der Waals surface area contributed by atoms with E-state index in [4.69, 9.17) is 16.7 Å². The van der Waals surface area contributed by atoms with Crippen molar-refractivity contribution in [3.8, 4) is 11.1 Å². The Hall–Kier alpha value is -2.18. The van der Waals surface area contributed by atoms with Gasteiger partial charge in [0, 0.05) is 17.5 Å². The number of rotatable bonds is 4. The highest BCUT2D eigenvalue weighted by atomic mass is 35.5. The number of thiophene rings is 1. The van der Waals surface area contributed by atoms with Crippen LogP contribution in [0.2, 0.25) is 5.28 Å². The summed E-state index contributed by atoms with van der Waals surface area (Å²) in [4.78, 5) is 23.2. The van der Waals surface area contributed by atoms with Crippen LogP contribution in [0.25, 0.3) is 21.3 Å². The van der Waals surface area contributed by atoms with Crippen molar-refractivity contribution in [3.05, 3.63) is 39.5 Å². The number of carboxylic acid groups (broad SMARTS) is 1. The van der Waals surface area contributed by atoms with E-state index in [0.717, 1.165) is 26.2 Å². The van der Waals surface area contributed by atoms with E-state index in [9.17, 15) is 4.79 Å². The molecule has 0 spiro atoms. The summed E-state index contributed by atoms with van der Waals surface area (Å²) < 4.78 is 0. The zero-order valence-corrected chi connectivity index (χ0v) is 16.0. The number of carbonyl (C=O) groups is 1. The fourth-order valence-electron chi connectivity index (χ4n) is 2.87. The lowest BCUT2D eigenvalue weighted by molar-refractivity contribution is -0.135. The number of likely N-dealkylation sites (N-methyl/N-ethyl adjacent to an activating group) is 1. The van der Waals surface area contributed by atoms with Crippen LogP contribution in [-0.2, 0) is 4.79 Å². The molecule has 0 bridgehead atoms. The summed E-state index contributed by atoms with van der Waals surface area (Å²) in [5.41, 5.74) is 4.53. The van der Waals surface area contributed by atoms with Crippen LogP contribution in [0, 0.1) is 20.8 Å². The zero-order chi connectivity index (χ0) is 18.3. The summed E-state index contributed by atoms with van der Waals surface area (Å²) in [6.45, 7) is 6.02. The topological polar surface area (TPSA) is 66.3 Å². The number of fused-ring (bicyclic) bond motifs is 1. The molecule has 3 rings (SSSR count). The molecule has 3 aromatic rings. The Bertz CT molecular complexity index is 984. The average molecular weight is 376 g/mol. The summed E-state index contributed by atoms with van der Waals surface area (Å²) in [5, 5.41) is 10.1. The number of aryl methyl sites for hydroxylation is 3. The molecule has 7 heteroatoms. The Kier molecular flexibility index (Phi) is 4.67. The summed E-state index contributed by atoms with van der Waals surface area (Å²) in [6, 6.07) is 6.30. The second-order valence-corrected chi connectivity index (χ2v) is 7.62. The maximum atomic E-state index is 11.1. The number of nitrogens with zero attached hydrogens (tertiary/aromatic N) is 3. The molecule has 0 atom stereocenters. The van der Waals surface area contributed by atoms with Gasteiger partial charge in [0.05, 0.1) is 5.39 Å². The molecule has 0 aliphatic heterocycles. The predicted octanol–water partition coefficient (Wildman–Crippen LogP) is 4.46. The lowest BCUT2D eigenvalue weighted by atomic mass is 9.99. The van der Waals surface area contributed by atoms with Crippen LogP contribution in [0.5, 0.6) is 0 Å². The molecular formula is C18H18ClN3O2S. The van der Waals surface area contributed by atoms with Gasteiger partial charge in [-0.05, 0) is 49.1 Å². The minimum Gasteiger partial charge on any atom is -0.480 e. The van der Waals surface area contributed by atoms with Crippen LogP contribution in [0.3, 0.4) is 0 Å². The van der Waals surface area contributed by atoms with Gasteiger partial charge < -0.3 is 10.0 Å². The minimum absolute atomic E-state index is 0.118. The van der Waals surface area contributed by atoms with E-state index in [1.165, 1.54) is 22.5 Å². The monoisotopic (exact) mass is 375 g/mol. The number of anilines is 1. The Balaban J connectivity index is 2.30. The van der Waals surface area contributed by atoms with Crippen molar-refractivity contribution in [2.45, 2.75) is 20.8 Å². The van der Waals surface area contributed by atoms with E-state index in [2.05, 4.69) is 42.0 Å². The van der Waals surface area contributed by atoms with Crippen molar-refractivity contribution in [2.75, 3.05) is 18.5 Å². The van der Waals surface area contributed by atoms with E-state index in [1.807, 2.05) is 6.92 Å². The molecule has 0 fully saturated rings. The predicted molar refractivity (Wildman–Crippen MR) is 103 cm³/mol. The molecule has 25 heavy (non-hydrogen) atoms. The van der Waals surface area contributed by atoms with Crippen molar-refractivity contribution in [1.82, 2.24) is 9.97 Å². The van der Waals surface area contributed by atoms with Gasteiger partial charge in [0.15, 0.2) is 0 Å². The molecule has 0 aliphatic carbocycles. The fourth-order valence-corrected chi connectivity index (χ4v) is 4.12. The van der Waals surface area contributed by atoms with Crippen molar-refractivity contribution in [3.63, 3.8) is 0 Å². The lowest BCUT2D eigenvalue weighted by Crippen LogP contribution is -2.26. The fraction of sp³-hybridized carbons (Fsp3) is 0.278. The van der Waals surface area contributed by atoms with Gasteiger partial charge in [-0.15, -0.1) is 11.3 Å². The molecule has 5 nitrogen and oxygen atoms in total. The molecule has 0 saturated heterocycles. The summed E-state index contributed by atoms with van der Waals surface area (Å²) >= 11 is 7.61. The second kappa shape index (κ2) is 6.61. The normalized spacial score (nSPS) is 11.1. The van der Waals surface area contributed by atoms with E-state index in [0.29, 0.717) is 5.82 Å². The first-order valence-corrected chi connectivity index (χ1v) is 8.94. The van der Waals surface area contributed by atoms with E-state index in [-0.39, 0.29) is 11.8 Å². The number of hydrogen-bond donors (Lipinski definition) is 1. The molecule has 1 aromatic carbocycles. The quantitative estimate of drug-likeness (QED) is 0.682. The molecule has 1 N–H and O–H groups in total. The van der Waals surface area contributed by atoms with E-state index < -0.39 is 5.97 Å². The Morgan fingerprint density at radius 2 is 1.96 bits per heavy atom. The van der Waals surface area contributed by atoms with Gasteiger partial charge in [-0.25, -0.2) is 4.98 Å².